The number of nitrogens with one attached hydrogen (secondary N) is 1. The highest BCUT2D eigenvalue weighted by molar-refractivity contribution is 7.16. The molecule has 3 nitrogen and oxygen atoms in total. The molecule has 0 aliphatic carbocycles. The number of hydrogen-bond acceptors (Lipinski definition) is 4. The van der Waals surface area contributed by atoms with E-state index in [1.165, 1.54) is 12.0 Å². The van der Waals surface area contributed by atoms with Crippen LogP contribution < -0.4 is 5.32 Å². The number of methoxy groups -OCH3 is 1. The van der Waals surface area contributed by atoms with Gasteiger partial charge in [0.2, 0.25) is 0 Å². The normalized spacial score (nSPS) is 25.5. The maximum absolute atomic E-state index is 11.3. The summed E-state index contributed by atoms with van der Waals surface area (Å²) < 4.78 is 5.50. The Hall–Kier alpha value is -0.580. The van der Waals surface area contributed by atoms with Crippen LogP contribution in [-0.2, 0) is 9.53 Å². The molecule has 0 aromatic carbocycles. The zero-order chi connectivity index (χ0) is 10.8. The van der Waals surface area contributed by atoms with E-state index >= 15 is 0 Å². The molecule has 0 spiro atoms. The molecule has 0 saturated carbocycles. The van der Waals surface area contributed by atoms with Gasteiger partial charge in [-0.25, -0.2) is 0 Å². The van der Waals surface area contributed by atoms with Crippen LogP contribution in [0.1, 0.15) is 17.2 Å². The molecule has 82 valence electrons. The van der Waals surface area contributed by atoms with Gasteiger partial charge in [0.05, 0.1) is 11.4 Å². The summed E-state index contributed by atoms with van der Waals surface area (Å²) in [6, 6.07) is 3.76. The molecule has 2 unspecified atom stereocenters. The zero-order valence-electron chi connectivity index (χ0n) is 8.33. The maximum Gasteiger partial charge on any atom is 0.322 e. The fourth-order valence-electron chi connectivity index (χ4n) is 1.82. The molecule has 2 rings (SSSR count). The number of carbonyl (C=O) groups is 1. The van der Waals surface area contributed by atoms with E-state index < -0.39 is 0 Å². The average Bonchev–Trinajstić information content (AvgIpc) is 2.84. The van der Waals surface area contributed by atoms with Crippen molar-refractivity contribution < 1.29 is 9.53 Å². The van der Waals surface area contributed by atoms with Crippen molar-refractivity contribution in [2.75, 3.05) is 13.7 Å². The first-order valence-corrected chi connectivity index (χ1v) is 5.96. The number of rotatable bonds is 2. The third-order valence-electron chi connectivity index (χ3n) is 2.61. The topological polar surface area (TPSA) is 38.3 Å². The van der Waals surface area contributed by atoms with E-state index in [9.17, 15) is 4.79 Å². The summed E-state index contributed by atoms with van der Waals surface area (Å²) >= 11 is 7.45. The second kappa shape index (κ2) is 4.51. The van der Waals surface area contributed by atoms with E-state index in [1.807, 2.05) is 12.1 Å². The number of carbonyl (C=O) groups excluding carboxylic acids is 1. The summed E-state index contributed by atoms with van der Waals surface area (Å²) in [5, 5.41) is 3.15. The van der Waals surface area contributed by atoms with Crippen molar-refractivity contribution in [3.63, 3.8) is 0 Å². The Morgan fingerprint density at radius 1 is 1.67 bits per heavy atom. The Morgan fingerprint density at radius 2 is 2.47 bits per heavy atom. The molecule has 1 aromatic rings. The van der Waals surface area contributed by atoms with Gasteiger partial charge in [-0.2, -0.15) is 0 Å². The fraction of sp³-hybridized carbons (Fsp3) is 0.500. The first-order chi connectivity index (χ1) is 7.20. The number of thiophene rings is 1. The highest BCUT2D eigenvalue weighted by Crippen LogP contribution is 2.33. The van der Waals surface area contributed by atoms with Crippen LogP contribution in [0, 0.1) is 0 Å². The van der Waals surface area contributed by atoms with Crippen LogP contribution >= 0.6 is 22.9 Å². The Labute approximate surface area is 97.4 Å². The number of halogens is 1. The molecule has 1 aliphatic heterocycles. The van der Waals surface area contributed by atoms with Gasteiger partial charge in [0.25, 0.3) is 0 Å². The Morgan fingerprint density at radius 3 is 3.07 bits per heavy atom. The van der Waals surface area contributed by atoms with Crippen molar-refractivity contribution in [3.05, 3.63) is 21.3 Å². The molecule has 2 heterocycles. The fourth-order valence-corrected chi connectivity index (χ4v) is 3.00. The van der Waals surface area contributed by atoms with Crippen molar-refractivity contribution in [2.45, 2.75) is 18.4 Å². The highest BCUT2D eigenvalue weighted by Gasteiger charge is 2.31. The average molecular weight is 246 g/mol. The standard InChI is InChI=1S/C10H12ClNO2S/c1-14-10(13)7-4-6(5-12-7)8-2-3-9(11)15-8/h2-3,6-7,12H,4-5H2,1H3. The lowest BCUT2D eigenvalue weighted by molar-refractivity contribution is -0.142. The van der Waals surface area contributed by atoms with Crippen LogP contribution in [0.2, 0.25) is 4.34 Å². The van der Waals surface area contributed by atoms with E-state index in [1.54, 1.807) is 11.3 Å². The van der Waals surface area contributed by atoms with Gasteiger partial charge in [0.1, 0.15) is 6.04 Å². The Bertz CT molecular complexity index is 366. The number of esters is 1. The molecule has 1 fully saturated rings. The van der Waals surface area contributed by atoms with Gasteiger partial charge in [-0.1, -0.05) is 11.6 Å². The summed E-state index contributed by atoms with van der Waals surface area (Å²) in [6.07, 6.45) is 0.795. The number of hydrogen-bond donors (Lipinski definition) is 1. The SMILES string of the molecule is COC(=O)C1CC(c2ccc(Cl)s2)CN1. The number of ether oxygens (including phenoxy) is 1. The van der Waals surface area contributed by atoms with Crippen molar-refractivity contribution in [3.8, 4) is 0 Å². The van der Waals surface area contributed by atoms with Crippen molar-refractivity contribution in [2.24, 2.45) is 0 Å². The minimum atomic E-state index is -0.180. The predicted octanol–water partition coefficient (Wildman–Crippen LogP) is 2.02. The monoisotopic (exact) mass is 245 g/mol. The second-order valence-electron chi connectivity index (χ2n) is 3.56. The molecule has 0 amide bonds. The van der Waals surface area contributed by atoms with E-state index in [2.05, 4.69) is 5.32 Å². The molecule has 5 heteroatoms. The summed E-state index contributed by atoms with van der Waals surface area (Å²) in [7, 11) is 1.42. The Balaban J connectivity index is 2.01. The smallest absolute Gasteiger partial charge is 0.322 e. The molecule has 0 bridgehead atoms. The molecule has 15 heavy (non-hydrogen) atoms. The van der Waals surface area contributed by atoms with Gasteiger partial charge in [0.15, 0.2) is 0 Å². The molecule has 2 atom stereocenters. The minimum absolute atomic E-state index is 0.166. The van der Waals surface area contributed by atoms with E-state index in [-0.39, 0.29) is 12.0 Å². The van der Waals surface area contributed by atoms with Crippen LogP contribution in [0.3, 0.4) is 0 Å². The van der Waals surface area contributed by atoms with Crippen LogP contribution in [0.5, 0.6) is 0 Å². The van der Waals surface area contributed by atoms with Crippen LogP contribution in [0.25, 0.3) is 0 Å². The molecule has 1 saturated heterocycles. The molecule has 1 N–H and O–H groups in total. The van der Waals surface area contributed by atoms with Gasteiger partial charge < -0.3 is 10.1 Å². The largest absolute Gasteiger partial charge is 0.468 e. The molecular formula is C10H12ClNO2S. The lowest BCUT2D eigenvalue weighted by Gasteiger charge is -2.06. The molecular weight excluding hydrogens is 234 g/mol. The van der Waals surface area contributed by atoms with Crippen LogP contribution in [-0.4, -0.2) is 25.7 Å². The van der Waals surface area contributed by atoms with E-state index in [4.69, 9.17) is 16.3 Å². The molecule has 1 aromatic heterocycles. The first-order valence-electron chi connectivity index (χ1n) is 4.77. The summed E-state index contributed by atoms with van der Waals surface area (Å²) in [6.45, 7) is 0.816. The van der Waals surface area contributed by atoms with Crippen LogP contribution in [0.4, 0.5) is 0 Å². The van der Waals surface area contributed by atoms with Gasteiger partial charge >= 0.3 is 5.97 Å². The first kappa shape index (κ1) is 10.9. The van der Waals surface area contributed by atoms with Crippen molar-refractivity contribution in [1.82, 2.24) is 5.32 Å². The molecule has 0 radical (unpaired) electrons. The Kier molecular flexibility index (Phi) is 3.29. The van der Waals surface area contributed by atoms with Gasteiger partial charge in [-0.05, 0) is 18.6 Å². The predicted molar refractivity (Wildman–Crippen MR) is 60.5 cm³/mol. The highest BCUT2D eigenvalue weighted by atomic mass is 35.5. The van der Waals surface area contributed by atoms with E-state index in [0.717, 1.165) is 17.3 Å². The van der Waals surface area contributed by atoms with Gasteiger partial charge in [-0.3, -0.25) is 4.79 Å². The maximum atomic E-state index is 11.3. The summed E-state index contributed by atoms with van der Waals surface area (Å²) in [5.41, 5.74) is 0. The second-order valence-corrected chi connectivity index (χ2v) is 5.31. The summed E-state index contributed by atoms with van der Waals surface area (Å²) in [5.74, 6) is 0.201. The van der Waals surface area contributed by atoms with Crippen LogP contribution in [0.15, 0.2) is 12.1 Å². The third kappa shape index (κ3) is 2.33. The lowest BCUT2D eigenvalue weighted by Crippen LogP contribution is -2.31. The van der Waals surface area contributed by atoms with Crippen molar-refractivity contribution >= 4 is 28.9 Å². The quantitative estimate of drug-likeness (QED) is 0.811. The summed E-state index contributed by atoms with van der Waals surface area (Å²) in [4.78, 5) is 12.5. The lowest BCUT2D eigenvalue weighted by atomic mass is 10.0. The zero-order valence-corrected chi connectivity index (χ0v) is 9.90. The third-order valence-corrected chi connectivity index (χ3v) is 4.01. The molecule has 1 aliphatic rings. The van der Waals surface area contributed by atoms with Gasteiger partial charge in [-0.15, -0.1) is 11.3 Å². The van der Waals surface area contributed by atoms with E-state index in [0.29, 0.717) is 5.92 Å². The van der Waals surface area contributed by atoms with Gasteiger partial charge in [0, 0.05) is 17.3 Å². The van der Waals surface area contributed by atoms with Crippen molar-refractivity contribution in [1.29, 1.82) is 0 Å². The minimum Gasteiger partial charge on any atom is -0.468 e.